The molecule has 2 aromatic carbocycles. The Morgan fingerprint density at radius 1 is 0.699 bits per heavy atom. The van der Waals surface area contributed by atoms with Crippen molar-refractivity contribution in [3.63, 3.8) is 0 Å². The van der Waals surface area contributed by atoms with Crippen LogP contribution in [0.4, 0.5) is 4.79 Å². The molecule has 0 saturated carbocycles. The van der Waals surface area contributed by atoms with Gasteiger partial charge in [-0.25, -0.2) is 4.79 Å². The number of nitrogens with one attached hydrogen (secondary N) is 3. The molecule has 0 radical (unpaired) electrons. The quantitative estimate of drug-likeness (QED) is 0.0230. The topological polar surface area (TPSA) is 235 Å². The lowest BCUT2D eigenvalue weighted by Gasteiger charge is -2.22. The highest BCUT2D eigenvalue weighted by molar-refractivity contribution is 9.09. The molecule has 1 fully saturated rings. The Kier molecular flexibility index (Phi) is 33.4. The molecule has 0 bridgehead atoms. The van der Waals surface area contributed by atoms with Crippen LogP contribution in [-0.2, 0) is 35.1 Å². The number of hydrogen-bond acceptors (Lipinski definition) is 13. The number of ether oxygens (including phenoxy) is 5. The molecule has 3 rings (SSSR count). The fraction of sp³-hybridized carbons (Fsp3) is 0.732. The molecule has 73 heavy (non-hydrogen) atoms. The number of aliphatic hydroxyl groups excluding tert-OH is 5. The monoisotopic (exact) mass is 1090 g/mol. The summed E-state index contributed by atoms with van der Waals surface area (Å²) in [6.07, 6.45) is 18.2. The summed E-state index contributed by atoms with van der Waals surface area (Å²) < 4.78 is 29.1. The molecule has 416 valence electrons. The van der Waals surface area contributed by atoms with Crippen molar-refractivity contribution in [2.45, 2.75) is 222 Å². The first-order chi connectivity index (χ1) is 35.2. The maximum Gasteiger partial charge on any atom is 0.407 e. The number of hydrogen-bond donors (Lipinski definition) is 8. The van der Waals surface area contributed by atoms with Crippen LogP contribution in [0.5, 0.6) is 5.75 Å². The molecule has 0 aliphatic carbocycles. The van der Waals surface area contributed by atoms with Crippen molar-refractivity contribution in [3.05, 3.63) is 65.7 Å². The highest BCUT2D eigenvalue weighted by Crippen LogP contribution is 2.36. The van der Waals surface area contributed by atoms with Gasteiger partial charge in [-0.3, -0.25) is 9.59 Å². The van der Waals surface area contributed by atoms with Crippen molar-refractivity contribution < 1.29 is 63.6 Å². The molecule has 2 aromatic rings. The fourth-order valence-corrected chi connectivity index (χ4v) is 9.55. The van der Waals surface area contributed by atoms with E-state index in [4.69, 9.17) is 23.7 Å². The molecule has 1 aliphatic heterocycles. The third-order valence-electron chi connectivity index (χ3n) is 13.1. The van der Waals surface area contributed by atoms with Crippen molar-refractivity contribution >= 4 is 33.8 Å². The van der Waals surface area contributed by atoms with Gasteiger partial charge in [-0.1, -0.05) is 155 Å². The number of rotatable bonds is 42. The van der Waals surface area contributed by atoms with E-state index in [0.717, 1.165) is 76.2 Å². The maximum absolute atomic E-state index is 12.7. The highest BCUT2D eigenvalue weighted by atomic mass is 79.9. The predicted octanol–water partition coefficient (Wildman–Crippen LogP) is 8.60. The zero-order valence-corrected chi connectivity index (χ0v) is 45.8. The lowest BCUT2D eigenvalue weighted by Crippen LogP contribution is -2.41. The van der Waals surface area contributed by atoms with Crippen molar-refractivity contribution in [2.75, 3.05) is 39.6 Å². The van der Waals surface area contributed by atoms with Crippen molar-refractivity contribution in [1.29, 1.82) is 0 Å². The van der Waals surface area contributed by atoms with Crippen LogP contribution in [0.25, 0.3) is 0 Å². The second kappa shape index (κ2) is 38.2. The van der Waals surface area contributed by atoms with E-state index in [-0.39, 0.29) is 75.0 Å². The first-order valence-electron chi connectivity index (χ1n) is 27.3. The van der Waals surface area contributed by atoms with Gasteiger partial charge >= 0.3 is 6.09 Å². The van der Waals surface area contributed by atoms with Crippen LogP contribution in [0.1, 0.15) is 179 Å². The Morgan fingerprint density at radius 2 is 1.27 bits per heavy atom. The number of benzene rings is 2. The summed E-state index contributed by atoms with van der Waals surface area (Å²) in [5.41, 5.74) is 1.46. The van der Waals surface area contributed by atoms with E-state index in [1.165, 1.54) is 44.9 Å². The van der Waals surface area contributed by atoms with Crippen LogP contribution in [0.2, 0.25) is 0 Å². The van der Waals surface area contributed by atoms with Crippen LogP contribution >= 0.6 is 15.9 Å². The van der Waals surface area contributed by atoms with Crippen LogP contribution in [-0.4, -0.2) is 130 Å². The zero-order chi connectivity index (χ0) is 53.1. The van der Waals surface area contributed by atoms with Gasteiger partial charge in [-0.2, -0.15) is 0 Å². The molecule has 1 heterocycles. The van der Waals surface area contributed by atoms with Crippen LogP contribution < -0.4 is 20.7 Å². The molecular weight excluding hydrogens is 1000 g/mol. The number of alkyl halides is 1. The van der Waals surface area contributed by atoms with E-state index in [1.54, 1.807) is 31.2 Å². The van der Waals surface area contributed by atoms with Gasteiger partial charge in [0.25, 0.3) is 0 Å². The average Bonchev–Trinajstić information content (AvgIpc) is 3.71. The first kappa shape index (κ1) is 63.9. The highest BCUT2D eigenvalue weighted by Gasteiger charge is 2.44. The van der Waals surface area contributed by atoms with E-state index in [2.05, 4.69) is 31.9 Å². The molecular formula is C56H92BrN3O13. The second-order valence-electron chi connectivity index (χ2n) is 20.0. The van der Waals surface area contributed by atoms with Crippen LogP contribution in [0.15, 0.2) is 54.6 Å². The molecule has 1 saturated heterocycles. The number of carbonyl (C=O) groups is 3. The van der Waals surface area contributed by atoms with Crippen molar-refractivity contribution in [2.24, 2.45) is 0 Å². The van der Waals surface area contributed by atoms with E-state index in [9.17, 15) is 39.9 Å². The summed E-state index contributed by atoms with van der Waals surface area (Å²) in [6.45, 7) is 6.12. The van der Waals surface area contributed by atoms with Gasteiger partial charge in [-0.05, 0) is 82.1 Å². The molecule has 8 atom stereocenters. The summed E-state index contributed by atoms with van der Waals surface area (Å²) in [7, 11) is 0. The number of alkyl carbamates (subject to hydrolysis) is 1. The Balaban J connectivity index is 1.13. The minimum Gasteiger partial charge on any atom is -0.491 e. The minimum atomic E-state index is -1.23. The normalized spacial score (nSPS) is 17.8. The number of amides is 3. The summed E-state index contributed by atoms with van der Waals surface area (Å²) in [5.74, 6) is -0.965. The lowest BCUT2D eigenvalue weighted by atomic mass is 9.99. The van der Waals surface area contributed by atoms with Crippen LogP contribution in [0.3, 0.4) is 0 Å². The summed E-state index contributed by atoms with van der Waals surface area (Å²) >= 11 is 3.88. The van der Waals surface area contributed by atoms with Gasteiger partial charge in [-0.15, -0.1) is 0 Å². The fourth-order valence-electron chi connectivity index (χ4n) is 8.78. The number of unbranched alkanes of at least 4 members (excludes halogenated alkanes) is 13. The van der Waals surface area contributed by atoms with E-state index in [1.807, 2.05) is 44.2 Å². The summed E-state index contributed by atoms with van der Waals surface area (Å²) in [4.78, 5) is 36.5. The average molecular weight is 1100 g/mol. The van der Waals surface area contributed by atoms with Gasteiger partial charge in [0.2, 0.25) is 11.8 Å². The van der Waals surface area contributed by atoms with Crippen molar-refractivity contribution in [3.8, 4) is 5.75 Å². The van der Waals surface area contributed by atoms with E-state index >= 15 is 0 Å². The Morgan fingerprint density at radius 3 is 1.88 bits per heavy atom. The second-order valence-corrected chi connectivity index (χ2v) is 21.2. The van der Waals surface area contributed by atoms with Gasteiger partial charge < -0.3 is 65.2 Å². The summed E-state index contributed by atoms with van der Waals surface area (Å²) in [6, 6.07) is 15.1. The molecule has 8 N–H and O–H groups in total. The summed E-state index contributed by atoms with van der Waals surface area (Å²) in [5, 5.41) is 58.9. The van der Waals surface area contributed by atoms with Gasteiger partial charge in [0.15, 0.2) is 5.79 Å². The minimum absolute atomic E-state index is 0.0748. The lowest BCUT2D eigenvalue weighted by molar-refractivity contribution is -0.147. The predicted molar refractivity (Wildman–Crippen MR) is 286 cm³/mol. The molecule has 16 nitrogen and oxygen atoms in total. The standard InChI is InChI=1S/C56H92BrN3O13/c1-4-52(66)59-45(38-62)41-70-47-33-31-43(32-34-47)50(65)36-58-54(67)49(64)29-23-30-51-53(73-56(2,3)72-51)48(57)28-21-14-11-13-20-27-46(63)26-19-12-9-7-5-6-8-10-15-22-35-69-40-44(37-61)60-55(68)71-39-42-24-17-16-18-25-42/h16-18,24-25,31-34,44-46,48-51,53,61-65H,4-15,19-23,26-30,35-41H2,1-3H3,(H,58,67)(H,59,66)(H,60,68)/t44-,45-,46+,48+,49-,50-,51-,53-/m0/s1. The largest absolute Gasteiger partial charge is 0.491 e. The molecule has 0 spiro atoms. The number of aliphatic hydroxyl groups is 5. The Hall–Kier alpha value is -3.39. The molecule has 17 heteroatoms. The molecule has 1 aliphatic rings. The Bertz CT molecular complexity index is 1750. The van der Waals surface area contributed by atoms with Crippen molar-refractivity contribution in [1.82, 2.24) is 16.0 Å². The van der Waals surface area contributed by atoms with E-state index < -0.39 is 42.1 Å². The Labute approximate surface area is 444 Å². The van der Waals surface area contributed by atoms with Gasteiger partial charge in [0.05, 0.1) is 56.3 Å². The molecule has 0 unspecified atom stereocenters. The smallest absolute Gasteiger partial charge is 0.407 e. The van der Waals surface area contributed by atoms with E-state index in [0.29, 0.717) is 37.2 Å². The number of halogens is 1. The number of carbonyl (C=O) groups excluding carboxylic acids is 3. The van der Waals surface area contributed by atoms with Gasteiger partial charge in [0.1, 0.15) is 25.1 Å². The van der Waals surface area contributed by atoms with Gasteiger partial charge in [0, 0.05) is 24.4 Å². The first-order valence-corrected chi connectivity index (χ1v) is 28.2. The molecule has 0 aromatic heterocycles. The third kappa shape index (κ3) is 28.9. The third-order valence-corrected chi connectivity index (χ3v) is 14.1. The van der Waals surface area contributed by atoms with Crippen LogP contribution in [0, 0.1) is 0 Å². The zero-order valence-electron chi connectivity index (χ0n) is 44.2. The SMILES string of the molecule is CCC(=O)N[C@@H](CO)COc1ccc([C@@H](O)CNC(=O)[C@@H](O)CCC[C@@H]2OC(C)(C)O[C@H]2[C@H](Br)CCCCCCC[C@H](O)CCCCCCCCCCCCOC[C@H](CO)NC(=O)OCc2ccccc2)cc1. The maximum atomic E-state index is 12.7. The molecule has 3 amide bonds.